The summed E-state index contributed by atoms with van der Waals surface area (Å²) in [6.07, 6.45) is 13.6. The summed E-state index contributed by atoms with van der Waals surface area (Å²) in [4.78, 5) is 0. The fraction of sp³-hybridized carbons (Fsp3) is 0.765. The van der Waals surface area contributed by atoms with E-state index in [1.54, 1.807) is 6.26 Å². The van der Waals surface area contributed by atoms with Crippen LogP contribution in [0.1, 0.15) is 83.4 Å². The van der Waals surface area contributed by atoms with E-state index in [4.69, 9.17) is 4.42 Å². The highest BCUT2D eigenvalue weighted by Gasteiger charge is 2.12. The van der Waals surface area contributed by atoms with E-state index in [1.807, 2.05) is 6.07 Å². The van der Waals surface area contributed by atoms with E-state index in [0.717, 1.165) is 12.3 Å². The van der Waals surface area contributed by atoms with Crippen molar-refractivity contribution in [1.29, 1.82) is 0 Å². The summed E-state index contributed by atoms with van der Waals surface area (Å²) in [7, 11) is 0. The van der Waals surface area contributed by atoms with Gasteiger partial charge in [0.1, 0.15) is 5.76 Å². The Morgan fingerprint density at radius 3 is 2.42 bits per heavy atom. The van der Waals surface area contributed by atoms with Crippen LogP contribution >= 0.6 is 0 Å². The third-order valence-corrected chi connectivity index (χ3v) is 3.65. The van der Waals surface area contributed by atoms with Crippen molar-refractivity contribution in [3.05, 3.63) is 24.2 Å². The van der Waals surface area contributed by atoms with Crippen LogP contribution in [-0.4, -0.2) is 6.54 Å². The van der Waals surface area contributed by atoms with E-state index in [1.165, 1.54) is 57.8 Å². The third-order valence-electron chi connectivity index (χ3n) is 3.65. The summed E-state index contributed by atoms with van der Waals surface area (Å²) in [5.74, 6) is 1.10. The SMILES string of the molecule is CCCCCCCCNC(CCCC)c1ccco1. The second-order valence-electron chi connectivity index (χ2n) is 5.43. The van der Waals surface area contributed by atoms with Crippen molar-refractivity contribution in [2.24, 2.45) is 0 Å². The molecular formula is C17H31NO. The van der Waals surface area contributed by atoms with Gasteiger partial charge in [0.05, 0.1) is 12.3 Å². The molecule has 0 amide bonds. The quantitative estimate of drug-likeness (QED) is 0.508. The van der Waals surface area contributed by atoms with Crippen LogP contribution in [0.3, 0.4) is 0 Å². The minimum Gasteiger partial charge on any atom is -0.468 e. The second-order valence-corrected chi connectivity index (χ2v) is 5.43. The second kappa shape index (κ2) is 11.1. The summed E-state index contributed by atoms with van der Waals surface area (Å²) < 4.78 is 5.54. The Hall–Kier alpha value is -0.760. The minimum absolute atomic E-state index is 0.408. The zero-order valence-corrected chi connectivity index (χ0v) is 12.8. The van der Waals surface area contributed by atoms with Crippen molar-refractivity contribution in [3.8, 4) is 0 Å². The first kappa shape index (κ1) is 16.3. The van der Waals surface area contributed by atoms with Gasteiger partial charge >= 0.3 is 0 Å². The van der Waals surface area contributed by atoms with Gasteiger partial charge in [-0.2, -0.15) is 0 Å². The van der Waals surface area contributed by atoms with Gasteiger partial charge in [-0.05, 0) is 31.5 Å². The molecule has 2 heteroatoms. The zero-order valence-electron chi connectivity index (χ0n) is 12.8. The number of hydrogen-bond donors (Lipinski definition) is 1. The highest BCUT2D eigenvalue weighted by Crippen LogP contribution is 2.19. The molecule has 1 aromatic heterocycles. The van der Waals surface area contributed by atoms with Gasteiger partial charge in [-0.1, -0.05) is 58.8 Å². The lowest BCUT2D eigenvalue weighted by Crippen LogP contribution is -2.22. The molecule has 0 saturated carbocycles. The first-order valence-electron chi connectivity index (χ1n) is 8.15. The van der Waals surface area contributed by atoms with Crippen LogP contribution in [0, 0.1) is 0 Å². The molecule has 0 bridgehead atoms. The molecule has 0 saturated heterocycles. The number of unbranched alkanes of at least 4 members (excludes halogenated alkanes) is 6. The van der Waals surface area contributed by atoms with Crippen LogP contribution < -0.4 is 5.32 Å². The lowest BCUT2D eigenvalue weighted by atomic mass is 10.1. The molecule has 1 rings (SSSR count). The largest absolute Gasteiger partial charge is 0.468 e. The van der Waals surface area contributed by atoms with Gasteiger partial charge in [0.25, 0.3) is 0 Å². The molecule has 2 nitrogen and oxygen atoms in total. The molecule has 1 atom stereocenters. The fourth-order valence-electron chi connectivity index (χ4n) is 2.42. The summed E-state index contributed by atoms with van der Waals surface area (Å²) >= 11 is 0. The van der Waals surface area contributed by atoms with Crippen LogP contribution in [0.5, 0.6) is 0 Å². The highest BCUT2D eigenvalue weighted by atomic mass is 16.3. The predicted molar refractivity (Wildman–Crippen MR) is 82.4 cm³/mol. The zero-order chi connectivity index (χ0) is 13.8. The Labute approximate surface area is 119 Å². The Morgan fingerprint density at radius 2 is 1.74 bits per heavy atom. The third kappa shape index (κ3) is 7.41. The fourth-order valence-corrected chi connectivity index (χ4v) is 2.42. The molecule has 0 aromatic carbocycles. The molecule has 1 aromatic rings. The van der Waals surface area contributed by atoms with Gasteiger partial charge in [-0.15, -0.1) is 0 Å². The smallest absolute Gasteiger partial charge is 0.120 e. The van der Waals surface area contributed by atoms with E-state index in [9.17, 15) is 0 Å². The van der Waals surface area contributed by atoms with Crippen molar-refractivity contribution in [3.63, 3.8) is 0 Å². The maximum atomic E-state index is 5.54. The van der Waals surface area contributed by atoms with Gasteiger partial charge < -0.3 is 9.73 Å². The van der Waals surface area contributed by atoms with Gasteiger partial charge in [-0.25, -0.2) is 0 Å². The average Bonchev–Trinajstić information content (AvgIpc) is 2.95. The first-order chi connectivity index (χ1) is 9.38. The average molecular weight is 265 g/mol. The molecule has 0 aliphatic rings. The van der Waals surface area contributed by atoms with Crippen molar-refractivity contribution in [2.45, 2.75) is 77.7 Å². The van der Waals surface area contributed by atoms with Crippen LogP contribution in [0.15, 0.2) is 22.8 Å². The van der Waals surface area contributed by atoms with Crippen LogP contribution in [0.4, 0.5) is 0 Å². The van der Waals surface area contributed by atoms with Crippen LogP contribution in [0.25, 0.3) is 0 Å². The standard InChI is InChI=1S/C17H31NO/c1-3-5-7-8-9-10-14-18-16(12-6-4-2)17-13-11-15-19-17/h11,13,15-16,18H,3-10,12,14H2,1-2H3. The van der Waals surface area contributed by atoms with Crippen molar-refractivity contribution in [1.82, 2.24) is 5.32 Å². The van der Waals surface area contributed by atoms with E-state index in [2.05, 4.69) is 25.2 Å². The lowest BCUT2D eigenvalue weighted by Gasteiger charge is -2.16. The molecule has 0 aliphatic heterocycles. The van der Waals surface area contributed by atoms with Crippen molar-refractivity contribution < 1.29 is 4.42 Å². The number of rotatable bonds is 12. The maximum absolute atomic E-state index is 5.54. The summed E-state index contributed by atoms with van der Waals surface area (Å²) in [6.45, 7) is 5.62. The number of hydrogen-bond acceptors (Lipinski definition) is 2. The molecule has 0 aliphatic carbocycles. The molecule has 1 heterocycles. The molecule has 0 fully saturated rings. The van der Waals surface area contributed by atoms with Gasteiger partial charge in [0.15, 0.2) is 0 Å². The molecule has 19 heavy (non-hydrogen) atoms. The van der Waals surface area contributed by atoms with Crippen LogP contribution in [0.2, 0.25) is 0 Å². The molecule has 1 unspecified atom stereocenters. The number of furan rings is 1. The Kier molecular flexibility index (Phi) is 9.52. The van der Waals surface area contributed by atoms with Gasteiger partial charge in [0, 0.05) is 0 Å². The van der Waals surface area contributed by atoms with E-state index in [0.29, 0.717) is 6.04 Å². The molecule has 110 valence electrons. The Balaban J connectivity index is 2.15. The van der Waals surface area contributed by atoms with Gasteiger partial charge in [0.2, 0.25) is 0 Å². The molecule has 0 radical (unpaired) electrons. The maximum Gasteiger partial charge on any atom is 0.120 e. The van der Waals surface area contributed by atoms with E-state index < -0.39 is 0 Å². The Bertz CT molecular complexity index is 281. The normalized spacial score (nSPS) is 12.7. The summed E-state index contributed by atoms with van der Waals surface area (Å²) in [5, 5.41) is 3.65. The first-order valence-corrected chi connectivity index (χ1v) is 8.15. The monoisotopic (exact) mass is 265 g/mol. The highest BCUT2D eigenvalue weighted by molar-refractivity contribution is 5.04. The van der Waals surface area contributed by atoms with Crippen molar-refractivity contribution in [2.75, 3.05) is 6.54 Å². The molecular weight excluding hydrogens is 234 g/mol. The van der Waals surface area contributed by atoms with Gasteiger partial charge in [-0.3, -0.25) is 0 Å². The topological polar surface area (TPSA) is 25.2 Å². The summed E-state index contributed by atoms with van der Waals surface area (Å²) in [5.41, 5.74) is 0. The molecule has 0 spiro atoms. The summed E-state index contributed by atoms with van der Waals surface area (Å²) in [6, 6.07) is 4.49. The van der Waals surface area contributed by atoms with Crippen LogP contribution in [-0.2, 0) is 0 Å². The predicted octanol–water partition coefficient (Wildman–Crippen LogP) is 5.46. The number of nitrogens with one attached hydrogen (secondary N) is 1. The van der Waals surface area contributed by atoms with E-state index in [-0.39, 0.29) is 0 Å². The van der Waals surface area contributed by atoms with Crippen molar-refractivity contribution >= 4 is 0 Å². The molecule has 1 N–H and O–H groups in total. The minimum atomic E-state index is 0.408. The Morgan fingerprint density at radius 1 is 1.00 bits per heavy atom. The lowest BCUT2D eigenvalue weighted by molar-refractivity contribution is 0.383. The van der Waals surface area contributed by atoms with E-state index >= 15 is 0 Å².